The first kappa shape index (κ1) is 20.9. The van der Waals surface area contributed by atoms with Crippen LogP contribution in [0.15, 0.2) is 60.7 Å². The molecule has 0 aliphatic heterocycles. The first-order valence-corrected chi connectivity index (χ1v) is 9.17. The second-order valence-corrected chi connectivity index (χ2v) is 6.85. The Kier molecular flexibility index (Phi) is 7.98. The molecule has 2 rings (SSSR count). The lowest BCUT2D eigenvalue weighted by atomic mass is 10.0. The molecule has 0 unspecified atom stereocenters. The Bertz CT molecular complexity index is 867. The van der Waals surface area contributed by atoms with Crippen LogP contribution in [-0.4, -0.2) is 17.9 Å². The molecule has 0 aliphatic carbocycles. The molecule has 5 nitrogen and oxygen atoms in total. The van der Waals surface area contributed by atoms with Crippen LogP contribution in [0.3, 0.4) is 0 Å². The van der Waals surface area contributed by atoms with Gasteiger partial charge in [-0.15, -0.1) is 0 Å². The molecule has 0 spiro atoms. The number of carbonyl (C=O) groups is 2. The lowest BCUT2D eigenvalue weighted by molar-refractivity contribution is -0.149. The minimum absolute atomic E-state index is 0.168. The van der Waals surface area contributed by atoms with Crippen LogP contribution in [-0.2, 0) is 20.9 Å². The summed E-state index contributed by atoms with van der Waals surface area (Å²) in [7, 11) is 0. The smallest absolute Gasteiger partial charge is 0.328 e. The molecule has 0 saturated heterocycles. The van der Waals surface area contributed by atoms with Gasteiger partial charge in [0.05, 0.1) is 11.6 Å². The number of hydrogen-bond acceptors (Lipinski definition) is 4. The van der Waals surface area contributed by atoms with E-state index in [9.17, 15) is 9.59 Å². The molecular formula is C23H24N2O3. The van der Waals surface area contributed by atoms with E-state index in [4.69, 9.17) is 10.00 Å². The van der Waals surface area contributed by atoms with Crippen molar-refractivity contribution in [1.82, 2.24) is 5.32 Å². The van der Waals surface area contributed by atoms with Crippen molar-refractivity contribution < 1.29 is 14.3 Å². The Labute approximate surface area is 165 Å². The van der Waals surface area contributed by atoms with Crippen LogP contribution in [0.1, 0.15) is 37.0 Å². The maximum atomic E-state index is 12.4. The van der Waals surface area contributed by atoms with Crippen molar-refractivity contribution in [1.29, 1.82) is 5.26 Å². The molecule has 5 heteroatoms. The van der Waals surface area contributed by atoms with Crippen LogP contribution < -0.4 is 5.32 Å². The van der Waals surface area contributed by atoms with E-state index in [0.717, 1.165) is 11.1 Å². The summed E-state index contributed by atoms with van der Waals surface area (Å²) in [5, 5.41) is 11.6. The first-order valence-electron chi connectivity index (χ1n) is 9.17. The number of ether oxygens (including phenoxy) is 1. The van der Waals surface area contributed by atoms with Crippen LogP contribution >= 0.6 is 0 Å². The summed E-state index contributed by atoms with van der Waals surface area (Å²) in [5.41, 5.74) is 2.15. The van der Waals surface area contributed by atoms with Crippen LogP contribution in [0.4, 0.5) is 0 Å². The molecule has 0 heterocycles. The van der Waals surface area contributed by atoms with E-state index in [2.05, 4.69) is 11.4 Å². The third-order valence-electron chi connectivity index (χ3n) is 3.97. The number of nitriles is 1. The highest BCUT2D eigenvalue weighted by molar-refractivity contribution is 5.94. The van der Waals surface area contributed by atoms with E-state index < -0.39 is 12.0 Å². The SMILES string of the molecule is CC(C)C[C@H](NC(=O)C=Cc1cccc(C#N)c1)C(=O)OCc1ccccc1. The van der Waals surface area contributed by atoms with Gasteiger partial charge in [-0.05, 0) is 41.7 Å². The molecule has 0 fully saturated rings. The number of rotatable bonds is 8. The van der Waals surface area contributed by atoms with Crippen LogP contribution in [0.5, 0.6) is 0 Å². The van der Waals surface area contributed by atoms with Gasteiger partial charge in [0.1, 0.15) is 12.6 Å². The van der Waals surface area contributed by atoms with Crippen molar-refractivity contribution in [3.63, 3.8) is 0 Å². The van der Waals surface area contributed by atoms with Crippen molar-refractivity contribution in [2.24, 2.45) is 5.92 Å². The summed E-state index contributed by atoms with van der Waals surface area (Å²) in [4.78, 5) is 24.7. The van der Waals surface area contributed by atoms with Crippen LogP contribution in [0, 0.1) is 17.2 Å². The van der Waals surface area contributed by atoms with Gasteiger partial charge in [0.25, 0.3) is 0 Å². The predicted octanol–water partition coefficient (Wildman–Crippen LogP) is 3.85. The quantitative estimate of drug-likeness (QED) is 0.561. The molecule has 1 amide bonds. The molecule has 2 aromatic rings. The molecule has 0 bridgehead atoms. The number of nitrogens with one attached hydrogen (secondary N) is 1. The summed E-state index contributed by atoms with van der Waals surface area (Å²) < 4.78 is 5.37. The summed E-state index contributed by atoms with van der Waals surface area (Å²) in [6, 6.07) is 17.7. The highest BCUT2D eigenvalue weighted by Crippen LogP contribution is 2.10. The monoisotopic (exact) mass is 376 g/mol. The Morgan fingerprint density at radius 2 is 1.89 bits per heavy atom. The summed E-state index contributed by atoms with van der Waals surface area (Å²) in [6.45, 7) is 4.13. The van der Waals surface area contributed by atoms with Crippen LogP contribution in [0.25, 0.3) is 6.08 Å². The van der Waals surface area contributed by atoms with Gasteiger partial charge in [0, 0.05) is 6.08 Å². The van der Waals surface area contributed by atoms with Gasteiger partial charge in [-0.1, -0.05) is 56.3 Å². The summed E-state index contributed by atoms with van der Waals surface area (Å²) >= 11 is 0. The van der Waals surface area contributed by atoms with Crippen molar-refractivity contribution in [2.75, 3.05) is 0 Å². The van der Waals surface area contributed by atoms with Gasteiger partial charge in [0.2, 0.25) is 5.91 Å². The number of nitrogens with zero attached hydrogens (tertiary/aromatic N) is 1. The zero-order valence-corrected chi connectivity index (χ0v) is 16.1. The van der Waals surface area contributed by atoms with E-state index in [1.165, 1.54) is 6.08 Å². The van der Waals surface area contributed by atoms with Crippen molar-refractivity contribution in [3.05, 3.63) is 77.4 Å². The van der Waals surface area contributed by atoms with Crippen molar-refractivity contribution in [3.8, 4) is 6.07 Å². The topological polar surface area (TPSA) is 79.2 Å². The molecule has 28 heavy (non-hydrogen) atoms. The van der Waals surface area contributed by atoms with Gasteiger partial charge in [-0.2, -0.15) is 5.26 Å². The predicted molar refractivity (Wildman–Crippen MR) is 108 cm³/mol. The van der Waals surface area contributed by atoms with Gasteiger partial charge in [-0.25, -0.2) is 4.79 Å². The number of hydrogen-bond donors (Lipinski definition) is 1. The number of esters is 1. The molecule has 0 aliphatic rings. The molecule has 0 aromatic heterocycles. The fourth-order valence-electron chi connectivity index (χ4n) is 2.62. The van der Waals surface area contributed by atoms with Gasteiger partial charge >= 0.3 is 5.97 Å². The highest BCUT2D eigenvalue weighted by atomic mass is 16.5. The minimum Gasteiger partial charge on any atom is -0.459 e. The number of amides is 1. The number of benzene rings is 2. The highest BCUT2D eigenvalue weighted by Gasteiger charge is 2.22. The van der Waals surface area contributed by atoms with Gasteiger partial charge < -0.3 is 10.1 Å². The summed E-state index contributed by atoms with van der Waals surface area (Å²) in [5.74, 6) is -0.624. The maximum absolute atomic E-state index is 12.4. The molecule has 1 atom stereocenters. The largest absolute Gasteiger partial charge is 0.459 e. The van der Waals surface area contributed by atoms with Crippen LogP contribution in [0.2, 0.25) is 0 Å². The second-order valence-electron chi connectivity index (χ2n) is 6.85. The zero-order chi connectivity index (χ0) is 20.4. The Balaban J connectivity index is 1.97. The number of carbonyl (C=O) groups excluding carboxylic acids is 2. The average Bonchev–Trinajstić information content (AvgIpc) is 2.70. The van der Waals surface area contributed by atoms with E-state index >= 15 is 0 Å². The van der Waals surface area contributed by atoms with Crippen molar-refractivity contribution in [2.45, 2.75) is 32.9 Å². The second kappa shape index (κ2) is 10.7. The van der Waals surface area contributed by atoms with E-state index in [-0.39, 0.29) is 18.4 Å². The molecule has 2 aromatic carbocycles. The Hall–Kier alpha value is -3.39. The molecule has 144 valence electrons. The third kappa shape index (κ3) is 7.08. The van der Waals surface area contributed by atoms with E-state index in [0.29, 0.717) is 12.0 Å². The zero-order valence-electron chi connectivity index (χ0n) is 16.1. The molecule has 1 N–H and O–H groups in total. The first-order chi connectivity index (χ1) is 13.5. The summed E-state index contributed by atoms with van der Waals surface area (Å²) in [6.07, 6.45) is 3.45. The lowest BCUT2D eigenvalue weighted by Gasteiger charge is -2.18. The minimum atomic E-state index is -0.716. The third-order valence-corrected chi connectivity index (χ3v) is 3.97. The van der Waals surface area contributed by atoms with Gasteiger partial charge in [-0.3, -0.25) is 4.79 Å². The maximum Gasteiger partial charge on any atom is 0.328 e. The Morgan fingerprint density at radius 1 is 1.14 bits per heavy atom. The van der Waals surface area contributed by atoms with E-state index in [1.807, 2.05) is 44.2 Å². The standard InChI is InChI=1S/C23H24N2O3/c1-17(2)13-21(23(27)28-16-19-7-4-3-5-8-19)25-22(26)12-11-18-9-6-10-20(14-18)15-24/h3-12,14,17,21H,13,16H2,1-2H3,(H,25,26)/t21-/m0/s1. The average molecular weight is 376 g/mol. The van der Waals surface area contributed by atoms with E-state index in [1.54, 1.807) is 30.3 Å². The lowest BCUT2D eigenvalue weighted by Crippen LogP contribution is -2.42. The molecule has 0 radical (unpaired) electrons. The normalized spacial score (nSPS) is 11.8. The molecular weight excluding hydrogens is 352 g/mol. The Morgan fingerprint density at radius 3 is 2.57 bits per heavy atom. The van der Waals surface area contributed by atoms with Crippen molar-refractivity contribution >= 4 is 18.0 Å². The fraction of sp³-hybridized carbons (Fsp3) is 0.261. The molecule has 0 saturated carbocycles. The fourth-order valence-corrected chi connectivity index (χ4v) is 2.62. The van der Waals surface area contributed by atoms with Gasteiger partial charge in [0.15, 0.2) is 0 Å².